The zero-order chi connectivity index (χ0) is 18.9. The SMILES string of the molecule is CCN(CC)CCCN(C(=O)CCl)c1nc(-c2ccc(OC)cc2)cs1. The van der Waals surface area contributed by atoms with Crippen LogP contribution in [-0.4, -0.2) is 55.0 Å². The number of rotatable bonds is 10. The van der Waals surface area contributed by atoms with Crippen molar-refractivity contribution in [2.45, 2.75) is 20.3 Å². The highest BCUT2D eigenvalue weighted by molar-refractivity contribution is 7.14. The van der Waals surface area contributed by atoms with Gasteiger partial charge in [0.2, 0.25) is 5.91 Å². The van der Waals surface area contributed by atoms with Gasteiger partial charge in [0.25, 0.3) is 0 Å². The average molecular weight is 396 g/mol. The van der Waals surface area contributed by atoms with Gasteiger partial charge in [-0.1, -0.05) is 13.8 Å². The third-order valence-electron chi connectivity index (χ3n) is 4.27. The third kappa shape index (κ3) is 5.43. The van der Waals surface area contributed by atoms with Crippen molar-refractivity contribution in [3.05, 3.63) is 29.6 Å². The molecule has 1 aromatic heterocycles. The first-order valence-electron chi connectivity index (χ1n) is 8.81. The Bertz CT molecular complexity index is 686. The molecule has 7 heteroatoms. The molecule has 0 aliphatic carbocycles. The summed E-state index contributed by atoms with van der Waals surface area (Å²) in [5, 5.41) is 2.66. The minimum absolute atomic E-state index is 0.0390. The molecule has 0 saturated carbocycles. The number of amides is 1. The van der Waals surface area contributed by atoms with Gasteiger partial charge in [-0.2, -0.15) is 0 Å². The molecular weight excluding hydrogens is 370 g/mol. The van der Waals surface area contributed by atoms with Crippen LogP contribution in [-0.2, 0) is 4.79 Å². The molecule has 1 aromatic carbocycles. The lowest BCUT2D eigenvalue weighted by Gasteiger charge is -2.22. The number of anilines is 1. The van der Waals surface area contributed by atoms with Gasteiger partial charge in [0.05, 0.1) is 12.8 Å². The van der Waals surface area contributed by atoms with Crippen LogP contribution < -0.4 is 9.64 Å². The molecule has 0 radical (unpaired) electrons. The van der Waals surface area contributed by atoms with E-state index in [1.807, 2.05) is 29.6 Å². The number of ether oxygens (including phenoxy) is 1. The maximum absolute atomic E-state index is 12.3. The molecule has 0 atom stereocenters. The predicted octanol–water partition coefficient (Wildman–Crippen LogP) is 4.12. The molecule has 5 nitrogen and oxygen atoms in total. The number of nitrogens with zero attached hydrogens (tertiary/aromatic N) is 3. The quantitative estimate of drug-likeness (QED) is 0.567. The van der Waals surface area contributed by atoms with Gasteiger partial charge in [-0.25, -0.2) is 4.98 Å². The van der Waals surface area contributed by atoms with Crippen LogP contribution >= 0.6 is 22.9 Å². The fraction of sp³-hybridized carbons (Fsp3) is 0.474. The largest absolute Gasteiger partial charge is 0.497 e. The van der Waals surface area contributed by atoms with E-state index in [4.69, 9.17) is 16.3 Å². The summed E-state index contributed by atoms with van der Waals surface area (Å²) < 4.78 is 5.19. The van der Waals surface area contributed by atoms with Gasteiger partial charge in [0.15, 0.2) is 5.13 Å². The zero-order valence-electron chi connectivity index (χ0n) is 15.6. The maximum atomic E-state index is 12.3. The number of hydrogen-bond acceptors (Lipinski definition) is 5. The summed E-state index contributed by atoms with van der Waals surface area (Å²) >= 11 is 7.28. The molecule has 0 aliphatic heterocycles. The van der Waals surface area contributed by atoms with E-state index in [-0.39, 0.29) is 11.8 Å². The summed E-state index contributed by atoms with van der Waals surface area (Å²) in [5.74, 6) is 0.657. The van der Waals surface area contributed by atoms with Crippen molar-refractivity contribution < 1.29 is 9.53 Å². The van der Waals surface area contributed by atoms with Gasteiger partial charge in [-0.15, -0.1) is 22.9 Å². The van der Waals surface area contributed by atoms with Crippen LogP contribution in [0.5, 0.6) is 5.75 Å². The van der Waals surface area contributed by atoms with E-state index in [0.717, 1.165) is 43.1 Å². The van der Waals surface area contributed by atoms with Crippen LogP contribution in [0.3, 0.4) is 0 Å². The molecule has 0 fully saturated rings. The first-order chi connectivity index (χ1) is 12.6. The molecule has 0 unspecified atom stereocenters. The fourth-order valence-corrected chi connectivity index (χ4v) is 3.70. The summed E-state index contributed by atoms with van der Waals surface area (Å²) in [6.07, 6.45) is 0.891. The van der Waals surface area contributed by atoms with Crippen molar-refractivity contribution >= 4 is 34.0 Å². The number of carbonyl (C=O) groups excluding carboxylic acids is 1. The second-order valence-corrected chi connectivity index (χ2v) is 6.91. The average Bonchev–Trinajstić information content (AvgIpc) is 3.17. The molecule has 2 rings (SSSR count). The van der Waals surface area contributed by atoms with Crippen molar-refractivity contribution in [3.63, 3.8) is 0 Å². The van der Waals surface area contributed by atoms with Gasteiger partial charge >= 0.3 is 0 Å². The van der Waals surface area contributed by atoms with Gasteiger partial charge in [-0.05, 0) is 50.3 Å². The molecular formula is C19H26ClN3O2S. The van der Waals surface area contributed by atoms with E-state index in [1.54, 1.807) is 12.0 Å². The van der Waals surface area contributed by atoms with Gasteiger partial charge in [-0.3, -0.25) is 9.69 Å². The fourth-order valence-electron chi connectivity index (χ4n) is 2.67. The lowest BCUT2D eigenvalue weighted by Crippen LogP contribution is -2.35. The second kappa shape index (κ2) is 10.5. The summed E-state index contributed by atoms with van der Waals surface area (Å²) in [6, 6.07) is 7.73. The Hall–Kier alpha value is -1.63. The number of halogens is 1. The lowest BCUT2D eigenvalue weighted by molar-refractivity contribution is -0.116. The van der Waals surface area contributed by atoms with Gasteiger partial charge in [0.1, 0.15) is 11.6 Å². The summed E-state index contributed by atoms with van der Waals surface area (Å²) in [7, 11) is 1.64. The number of carbonyl (C=O) groups is 1. The van der Waals surface area contributed by atoms with Crippen molar-refractivity contribution in [3.8, 4) is 17.0 Å². The summed E-state index contributed by atoms with van der Waals surface area (Å²) in [6.45, 7) is 7.89. The molecule has 26 heavy (non-hydrogen) atoms. The topological polar surface area (TPSA) is 45.7 Å². The summed E-state index contributed by atoms with van der Waals surface area (Å²) in [5.41, 5.74) is 1.85. The van der Waals surface area contributed by atoms with Crippen molar-refractivity contribution in [1.82, 2.24) is 9.88 Å². The van der Waals surface area contributed by atoms with E-state index in [2.05, 4.69) is 23.7 Å². The van der Waals surface area contributed by atoms with Crippen LogP contribution in [0.2, 0.25) is 0 Å². The standard InChI is InChI=1S/C19H26ClN3O2S/c1-4-22(5-2)11-6-12-23(18(24)13-20)19-21-17(14-26-19)15-7-9-16(25-3)10-8-15/h7-10,14H,4-6,11-13H2,1-3H3. The normalized spacial score (nSPS) is 11.0. The van der Waals surface area contributed by atoms with E-state index in [1.165, 1.54) is 11.3 Å². The lowest BCUT2D eigenvalue weighted by atomic mass is 10.2. The van der Waals surface area contributed by atoms with Crippen molar-refractivity contribution in [2.75, 3.05) is 44.1 Å². The number of aromatic nitrogens is 1. The van der Waals surface area contributed by atoms with Crippen LogP contribution in [0.4, 0.5) is 5.13 Å². The first kappa shape index (κ1) is 20.7. The number of methoxy groups -OCH3 is 1. The van der Waals surface area contributed by atoms with Crippen molar-refractivity contribution in [2.24, 2.45) is 0 Å². The monoisotopic (exact) mass is 395 g/mol. The van der Waals surface area contributed by atoms with E-state index < -0.39 is 0 Å². The molecule has 1 amide bonds. The minimum atomic E-state index is -0.109. The Balaban J connectivity index is 2.10. The highest BCUT2D eigenvalue weighted by Crippen LogP contribution is 2.29. The molecule has 0 N–H and O–H groups in total. The van der Waals surface area contributed by atoms with Crippen LogP contribution in [0, 0.1) is 0 Å². The summed E-state index contributed by atoms with van der Waals surface area (Å²) in [4.78, 5) is 21.0. The number of thiazole rings is 1. The number of benzene rings is 1. The van der Waals surface area contributed by atoms with Crippen molar-refractivity contribution in [1.29, 1.82) is 0 Å². The highest BCUT2D eigenvalue weighted by atomic mass is 35.5. The third-order valence-corrected chi connectivity index (χ3v) is 5.37. The number of hydrogen-bond donors (Lipinski definition) is 0. The van der Waals surface area contributed by atoms with Gasteiger partial charge in [0, 0.05) is 17.5 Å². The Morgan fingerprint density at radius 3 is 2.46 bits per heavy atom. The smallest absolute Gasteiger partial charge is 0.243 e. The van der Waals surface area contributed by atoms with Crippen LogP contribution in [0.25, 0.3) is 11.3 Å². The molecule has 0 bridgehead atoms. The van der Waals surface area contributed by atoms with Crippen LogP contribution in [0.15, 0.2) is 29.6 Å². The van der Waals surface area contributed by atoms with Crippen LogP contribution in [0.1, 0.15) is 20.3 Å². The minimum Gasteiger partial charge on any atom is -0.497 e. The van der Waals surface area contributed by atoms with E-state index >= 15 is 0 Å². The molecule has 0 saturated heterocycles. The Morgan fingerprint density at radius 2 is 1.88 bits per heavy atom. The van der Waals surface area contributed by atoms with E-state index in [0.29, 0.717) is 11.7 Å². The number of alkyl halides is 1. The molecule has 0 aliphatic rings. The maximum Gasteiger partial charge on any atom is 0.243 e. The zero-order valence-corrected chi connectivity index (χ0v) is 17.1. The van der Waals surface area contributed by atoms with Gasteiger partial charge < -0.3 is 9.64 Å². The molecule has 0 spiro atoms. The first-order valence-corrected chi connectivity index (χ1v) is 10.2. The highest BCUT2D eigenvalue weighted by Gasteiger charge is 2.18. The Labute approximate surface area is 164 Å². The molecule has 142 valence electrons. The molecule has 1 heterocycles. The Morgan fingerprint density at radius 1 is 1.19 bits per heavy atom. The predicted molar refractivity (Wildman–Crippen MR) is 110 cm³/mol. The second-order valence-electron chi connectivity index (χ2n) is 5.80. The Kier molecular flexibility index (Phi) is 8.35. The molecule has 2 aromatic rings. The van der Waals surface area contributed by atoms with E-state index in [9.17, 15) is 4.79 Å².